The van der Waals surface area contributed by atoms with Gasteiger partial charge in [-0.15, -0.1) is 23.7 Å². The van der Waals surface area contributed by atoms with Crippen molar-refractivity contribution in [1.82, 2.24) is 4.90 Å². The average Bonchev–Trinajstić information content (AvgIpc) is 2.99. The molecule has 4 nitrogen and oxygen atoms in total. The number of ketones is 1. The van der Waals surface area contributed by atoms with E-state index < -0.39 is 0 Å². The molecule has 136 valence electrons. The maximum atomic E-state index is 12.5. The number of nitrogens with two attached hydrogens (primary N) is 1. The molecule has 2 heterocycles. The molecule has 0 radical (unpaired) electrons. The molecule has 0 spiro atoms. The van der Waals surface area contributed by atoms with Crippen molar-refractivity contribution in [3.05, 3.63) is 35.2 Å². The third-order valence-corrected chi connectivity index (χ3v) is 5.98. The maximum Gasteiger partial charge on any atom is 0.223 e. The lowest BCUT2D eigenvalue weighted by Crippen LogP contribution is -2.54. The number of benzene rings is 1. The van der Waals surface area contributed by atoms with E-state index in [0.717, 1.165) is 22.1 Å². The SMILES string of the molecule is CC1(C)CN(C(=O)CCC(=O)c2csc3ccccc23)CCC1N.Cl. The predicted molar refractivity (Wildman–Crippen MR) is 106 cm³/mol. The molecule has 1 fully saturated rings. The Kier molecular flexibility index (Phi) is 6.25. The summed E-state index contributed by atoms with van der Waals surface area (Å²) in [4.78, 5) is 26.8. The minimum atomic E-state index is -0.0680. The topological polar surface area (TPSA) is 63.4 Å². The number of thiophene rings is 1. The van der Waals surface area contributed by atoms with E-state index in [1.165, 1.54) is 0 Å². The van der Waals surface area contributed by atoms with Crippen LogP contribution in [0, 0.1) is 5.41 Å². The van der Waals surface area contributed by atoms with Crippen LogP contribution in [0.2, 0.25) is 0 Å². The van der Waals surface area contributed by atoms with Gasteiger partial charge in [0.1, 0.15) is 0 Å². The van der Waals surface area contributed by atoms with E-state index in [2.05, 4.69) is 13.8 Å². The van der Waals surface area contributed by atoms with Crippen molar-refractivity contribution >= 4 is 45.5 Å². The molecule has 3 rings (SSSR count). The molecule has 0 aliphatic carbocycles. The predicted octanol–water partition coefficient (Wildman–Crippen LogP) is 3.87. The first-order valence-corrected chi connectivity index (χ1v) is 9.29. The van der Waals surface area contributed by atoms with Crippen LogP contribution in [-0.4, -0.2) is 35.7 Å². The Morgan fingerprint density at radius 2 is 2.00 bits per heavy atom. The number of hydrogen-bond donors (Lipinski definition) is 1. The second-order valence-corrected chi connectivity index (χ2v) is 8.18. The Balaban J connectivity index is 0.00000225. The number of nitrogens with zero attached hydrogens (tertiary/aromatic N) is 1. The zero-order chi connectivity index (χ0) is 17.3. The van der Waals surface area contributed by atoms with Crippen molar-refractivity contribution in [2.24, 2.45) is 11.1 Å². The molecule has 2 aromatic rings. The number of hydrogen-bond acceptors (Lipinski definition) is 4. The molecule has 25 heavy (non-hydrogen) atoms. The highest BCUT2D eigenvalue weighted by molar-refractivity contribution is 7.17. The third kappa shape index (κ3) is 4.22. The second-order valence-electron chi connectivity index (χ2n) is 7.27. The van der Waals surface area contributed by atoms with Crippen molar-refractivity contribution in [3.63, 3.8) is 0 Å². The quantitative estimate of drug-likeness (QED) is 0.819. The summed E-state index contributed by atoms with van der Waals surface area (Å²) in [6, 6.07) is 8.02. The summed E-state index contributed by atoms with van der Waals surface area (Å²) < 4.78 is 1.11. The van der Waals surface area contributed by atoms with Crippen LogP contribution < -0.4 is 5.73 Å². The van der Waals surface area contributed by atoms with E-state index in [1.807, 2.05) is 34.5 Å². The largest absolute Gasteiger partial charge is 0.342 e. The van der Waals surface area contributed by atoms with Gasteiger partial charge in [-0.05, 0) is 17.9 Å². The fourth-order valence-electron chi connectivity index (χ4n) is 3.29. The molecule has 1 aromatic heterocycles. The minimum Gasteiger partial charge on any atom is -0.342 e. The summed E-state index contributed by atoms with van der Waals surface area (Å²) in [5, 5.41) is 2.89. The molecule has 1 unspecified atom stereocenters. The van der Waals surface area contributed by atoms with Gasteiger partial charge in [0, 0.05) is 53.0 Å². The van der Waals surface area contributed by atoms with Crippen LogP contribution in [-0.2, 0) is 4.79 Å². The van der Waals surface area contributed by atoms with Gasteiger partial charge in [-0.2, -0.15) is 0 Å². The fraction of sp³-hybridized carbons (Fsp3) is 0.474. The van der Waals surface area contributed by atoms with Crippen LogP contribution in [0.5, 0.6) is 0 Å². The van der Waals surface area contributed by atoms with E-state index in [4.69, 9.17) is 5.73 Å². The molecule has 1 aromatic carbocycles. The summed E-state index contributed by atoms with van der Waals surface area (Å²) in [5.41, 5.74) is 6.80. The van der Waals surface area contributed by atoms with Crippen LogP contribution in [0.1, 0.15) is 43.5 Å². The van der Waals surface area contributed by atoms with Crippen LogP contribution in [0.15, 0.2) is 29.6 Å². The van der Waals surface area contributed by atoms with Crippen molar-refractivity contribution in [3.8, 4) is 0 Å². The number of carbonyl (C=O) groups is 2. The van der Waals surface area contributed by atoms with Gasteiger partial charge in [-0.1, -0.05) is 32.0 Å². The Labute approximate surface area is 158 Å². The first-order valence-electron chi connectivity index (χ1n) is 8.41. The highest BCUT2D eigenvalue weighted by Gasteiger charge is 2.35. The van der Waals surface area contributed by atoms with Gasteiger partial charge in [0.2, 0.25) is 5.91 Å². The standard InChI is InChI=1S/C19H24N2O2S.ClH/c1-19(2)12-21(10-9-17(19)20)18(23)8-7-15(22)14-11-24-16-6-4-3-5-13(14)16;/h3-6,11,17H,7-10,12,20H2,1-2H3;1H. The highest BCUT2D eigenvalue weighted by Crippen LogP contribution is 2.29. The van der Waals surface area contributed by atoms with Crippen LogP contribution in [0.4, 0.5) is 0 Å². The smallest absolute Gasteiger partial charge is 0.223 e. The van der Waals surface area contributed by atoms with E-state index in [0.29, 0.717) is 13.1 Å². The molecule has 0 bridgehead atoms. The molecule has 1 saturated heterocycles. The monoisotopic (exact) mass is 380 g/mol. The van der Waals surface area contributed by atoms with Gasteiger partial charge in [-0.25, -0.2) is 0 Å². The lowest BCUT2D eigenvalue weighted by atomic mass is 9.79. The molecule has 1 aliphatic rings. The number of likely N-dealkylation sites (tertiary alicyclic amines) is 1. The zero-order valence-electron chi connectivity index (χ0n) is 14.7. The normalized spacial score (nSPS) is 19.5. The Morgan fingerprint density at radius 3 is 2.72 bits per heavy atom. The maximum absolute atomic E-state index is 12.5. The van der Waals surface area contributed by atoms with Crippen molar-refractivity contribution in [2.45, 2.75) is 39.2 Å². The number of rotatable bonds is 4. The summed E-state index contributed by atoms with van der Waals surface area (Å²) >= 11 is 1.57. The van der Waals surface area contributed by atoms with Crippen molar-refractivity contribution < 1.29 is 9.59 Å². The molecule has 6 heteroatoms. The van der Waals surface area contributed by atoms with Gasteiger partial charge >= 0.3 is 0 Å². The highest BCUT2D eigenvalue weighted by atomic mass is 35.5. The molecule has 1 amide bonds. The van der Waals surface area contributed by atoms with Gasteiger partial charge < -0.3 is 10.6 Å². The summed E-state index contributed by atoms with van der Waals surface area (Å²) in [6.45, 7) is 5.56. The van der Waals surface area contributed by atoms with Crippen LogP contribution >= 0.6 is 23.7 Å². The Morgan fingerprint density at radius 1 is 1.28 bits per heavy atom. The van der Waals surface area contributed by atoms with E-state index in [1.54, 1.807) is 11.3 Å². The van der Waals surface area contributed by atoms with Gasteiger partial charge in [0.25, 0.3) is 0 Å². The van der Waals surface area contributed by atoms with Crippen LogP contribution in [0.3, 0.4) is 0 Å². The molecule has 1 aliphatic heterocycles. The van der Waals surface area contributed by atoms with Crippen LogP contribution in [0.25, 0.3) is 10.1 Å². The van der Waals surface area contributed by atoms with Crippen molar-refractivity contribution in [2.75, 3.05) is 13.1 Å². The first-order chi connectivity index (χ1) is 11.4. The number of fused-ring (bicyclic) bond motifs is 1. The number of halogens is 1. The molecular formula is C19H25ClN2O2S. The van der Waals surface area contributed by atoms with E-state index >= 15 is 0 Å². The summed E-state index contributed by atoms with van der Waals surface area (Å²) in [5.74, 6) is 0.108. The molecular weight excluding hydrogens is 356 g/mol. The van der Waals surface area contributed by atoms with Crippen molar-refractivity contribution in [1.29, 1.82) is 0 Å². The fourth-order valence-corrected chi connectivity index (χ4v) is 4.26. The van der Waals surface area contributed by atoms with Gasteiger partial charge in [0.15, 0.2) is 5.78 Å². The molecule has 2 N–H and O–H groups in total. The molecule has 1 atom stereocenters. The summed E-state index contributed by atoms with van der Waals surface area (Å²) in [6.07, 6.45) is 1.36. The third-order valence-electron chi connectivity index (χ3n) is 5.01. The van der Waals surface area contributed by atoms with Gasteiger partial charge in [-0.3, -0.25) is 9.59 Å². The number of piperidine rings is 1. The number of carbonyl (C=O) groups excluding carboxylic acids is 2. The number of Topliss-reactive ketones (excluding diaryl/α,β-unsaturated/α-hetero) is 1. The van der Waals surface area contributed by atoms with E-state index in [-0.39, 0.29) is 48.4 Å². The number of amides is 1. The lowest BCUT2D eigenvalue weighted by Gasteiger charge is -2.42. The summed E-state index contributed by atoms with van der Waals surface area (Å²) in [7, 11) is 0. The lowest BCUT2D eigenvalue weighted by molar-refractivity contribution is -0.134. The average molecular weight is 381 g/mol. The molecule has 0 saturated carbocycles. The van der Waals surface area contributed by atoms with Gasteiger partial charge in [0.05, 0.1) is 0 Å². The first kappa shape index (κ1) is 19.9. The Bertz CT molecular complexity index is 772. The zero-order valence-corrected chi connectivity index (χ0v) is 16.3. The Hall–Kier alpha value is -1.43. The van der Waals surface area contributed by atoms with E-state index in [9.17, 15) is 9.59 Å². The second kappa shape index (κ2) is 7.85. The minimum absolute atomic E-state index is 0.